The number of carboxylic acid groups (broad SMARTS) is 1. The van der Waals surface area contributed by atoms with Crippen molar-refractivity contribution < 1.29 is 14.7 Å². The van der Waals surface area contributed by atoms with E-state index in [0.717, 1.165) is 22.1 Å². The van der Waals surface area contributed by atoms with Gasteiger partial charge in [-0.2, -0.15) is 0 Å². The number of aromatic nitrogens is 2. The van der Waals surface area contributed by atoms with Crippen LogP contribution in [0.15, 0.2) is 65.5 Å². The fourth-order valence-corrected chi connectivity index (χ4v) is 4.02. The van der Waals surface area contributed by atoms with Crippen LogP contribution in [0.25, 0.3) is 22.6 Å². The van der Waals surface area contributed by atoms with Gasteiger partial charge in [-0.25, -0.2) is 9.78 Å². The SMILES string of the molecule is O=C(O)C=CC(=O)N(c1ccc2c(=O)n3c(nc2c1)C(=Cc1ccccc1)CC3)C(Cl)Cl. The van der Waals surface area contributed by atoms with Crippen LogP contribution in [0, 0.1) is 0 Å². The number of alkyl halides is 2. The Labute approximate surface area is 192 Å². The first-order chi connectivity index (χ1) is 15.3. The van der Waals surface area contributed by atoms with E-state index in [1.54, 1.807) is 16.7 Å². The molecule has 2 heterocycles. The number of hydrogen-bond acceptors (Lipinski definition) is 4. The van der Waals surface area contributed by atoms with E-state index in [-0.39, 0.29) is 11.2 Å². The van der Waals surface area contributed by atoms with E-state index in [1.165, 1.54) is 6.07 Å². The summed E-state index contributed by atoms with van der Waals surface area (Å²) in [5, 5.41) is 9.17. The fourth-order valence-electron chi connectivity index (χ4n) is 3.60. The minimum atomic E-state index is -1.28. The lowest BCUT2D eigenvalue weighted by atomic mass is 10.1. The molecule has 32 heavy (non-hydrogen) atoms. The van der Waals surface area contributed by atoms with Crippen molar-refractivity contribution in [2.75, 3.05) is 4.90 Å². The molecule has 0 unspecified atom stereocenters. The lowest BCUT2D eigenvalue weighted by Crippen LogP contribution is -2.33. The van der Waals surface area contributed by atoms with Crippen LogP contribution in [0.5, 0.6) is 0 Å². The molecule has 0 saturated heterocycles. The van der Waals surface area contributed by atoms with Gasteiger partial charge in [-0.15, -0.1) is 0 Å². The van der Waals surface area contributed by atoms with Crippen LogP contribution in [0.4, 0.5) is 5.69 Å². The van der Waals surface area contributed by atoms with Crippen molar-refractivity contribution in [2.45, 2.75) is 17.9 Å². The van der Waals surface area contributed by atoms with E-state index in [4.69, 9.17) is 28.3 Å². The third-order valence-electron chi connectivity index (χ3n) is 5.05. The number of halogens is 2. The first-order valence-corrected chi connectivity index (χ1v) is 10.6. The Morgan fingerprint density at radius 2 is 1.88 bits per heavy atom. The fraction of sp³-hybridized carbons (Fsp3) is 0.130. The van der Waals surface area contributed by atoms with E-state index in [2.05, 4.69) is 4.98 Å². The summed E-state index contributed by atoms with van der Waals surface area (Å²) in [6.45, 7) is 0.535. The Kier molecular flexibility index (Phi) is 6.12. The first kappa shape index (κ1) is 21.8. The van der Waals surface area contributed by atoms with Gasteiger partial charge in [-0.1, -0.05) is 53.5 Å². The van der Waals surface area contributed by atoms with Crippen molar-refractivity contribution >= 4 is 63.3 Å². The minimum absolute atomic E-state index is 0.176. The molecule has 0 fully saturated rings. The molecule has 4 rings (SSSR count). The molecule has 0 saturated carbocycles. The summed E-state index contributed by atoms with van der Waals surface area (Å²) in [7, 11) is 0. The molecule has 1 N–H and O–H groups in total. The van der Waals surface area contributed by atoms with Crippen molar-refractivity contribution in [1.82, 2.24) is 9.55 Å². The maximum absolute atomic E-state index is 13.0. The number of benzene rings is 2. The molecule has 1 aromatic heterocycles. The molecule has 0 atom stereocenters. The number of carbonyl (C=O) groups is 2. The van der Waals surface area contributed by atoms with Gasteiger partial charge < -0.3 is 5.11 Å². The molecule has 162 valence electrons. The summed E-state index contributed by atoms with van der Waals surface area (Å²) >= 11 is 11.9. The smallest absolute Gasteiger partial charge is 0.328 e. The number of anilines is 1. The maximum Gasteiger partial charge on any atom is 0.328 e. The molecule has 1 aliphatic rings. The van der Waals surface area contributed by atoms with E-state index in [0.29, 0.717) is 35.8 Å². The number of allylic oxidation sites excluding steroid dienone is 1. The Hall–Kier alpha value is -3.42. The van der Waals surface area contributed by atoms with Crippen molar-refractivity contribution in [2.24, 2.45) is 0 Å². The van der Waals surface area contributed by atoms with Crippen LogP contribution in [-0.4, -0.2) is 31.5 Å². The van der Waals surface area contributed by atoms with Gasteiger partial charge in [0.05, 0.1) is 10.9 Å². The second-order valence-corrected chi connectivity index (χ2v) is 8.13. The van der Waals surface area contributed by atoms with Crippen LogP contribution in [0.1, 0.15) is 17.8 Å². The number of hydrogen-bond donors (Lipinski definition) is 1. The highest BCUT2D eigenvalue weighted by Crippen LogP contribution is 2.30. The van der Waals surface area contributed by atoms with E-state index < -0.39 is 16.8 Å². The van der Waals surface area contributed by atoms with Crippen molar-refractivity contribution in [3.63, 3.8) is 0 Å². The lowest BCUT2D eigenvalue weighted by Gasteiger charge is -2.22. The Morgan fingerprint density at radius 3 is 2.56 bits per heavy atom. The van der Waals surface area contributed by atoms with Gasteiger partial charge in [-0.05, 0) is 41.8 Å². The minimum Gasteiger partial charge on any atom is -0.478 e. The van der Waals surface area contributed by atoms with Gasteiger partial charge in [0.15, 0.2) is 4.96 Å². The Bertz CT molecular complexity index is 1330. The highest BCUT2D eigenvalue weighted by atomic mass is 35.5. The normalized spacial score (nSPS) is 14.4. The molecule has 1 amide bonds. The number of nitrogens with zero attached hydrogens (tertiary/aromatic N) is 3. The molecule has 0 bridgehead atoms. The largest absolute Gasteiger partial charge is 0.478 e. The second kappa shape index (κ2) is 8.98. The molecule has 2 aromatic carbocycles. The predicted octanol–water partition coefficient (Wildman–Crippen LogP) is 4.08. The van der Waals surface area contributed by atoms with Crippen molar-refractivity contribution in [3.8, 4) is 0 Å². The lowest BCUT2D eigenvalue weighted by molar-refractivity contribution is -0.131. The summed E-state index contributed by atoms with van der Waals surface area (Å²) in [5.74, 6) is -1.43. The van der Waals surface area contributed by atoms with E-state index in [9.17, 15) is 14.4 Å². The van der Waals surface area contributed by atoms with E-state index in [1.807, 2.05) is 36.4 Å². The highest BCUT2D eigenvalue weighted by Gasteiger charge is 2.24. The van der Waals surface area contributed by atoms with Crippen molar-refractivity contribution in [1.29, 1.82) is 0 Å². The van der Waals surface area contributed by atoms with Gasteiger partial charge in [0.2, 0.25) is 0 Å². The van der Waals surface area contributed by atoms with Crippen LogP contribution in [0.3, 0.4) is 0 Å². The highest BCUT2D eigenvalue weighted by molar-refractivity contribution is 6.47. The standard InChI is InChI=1S/C23H17Cl2N3O4/c24-23(25)28(19(29)8-9-20(30)31)16-6-7-17-18(13-16)26-21-15(10-11-27(21)22(17)32)12-14-4-2-1-3-5-14/h1-9,12-13,23H,10-11H2,(H,30,31). The zero-order valence-corrected chi connectivity index (χ0v) is 18.1. The maximum atomic E-state index is 13.0. The number of aliphatic carboxylic acids is 1. The average molecular weight is 470 g/mol. The Morgan fingerprint density at radius 1 is 1.12 bits per heavy atom. The van der Waals surface area contributed by atoms with Gasteiger partial charge in [0, 0.05) is 24.4 Å². The number of amides is 1. The summed E-state index contributed by atoms with van der Waals surface area (Å²) in [4.78, 5) is 40.6. The van der Waals surface area contributed by atoms with Gasteiger partial charge in [0.1, 0.15) is 5.82 Å². The van der Waals surface area contributed by atoms with Crippen LogP contribution in [-0.2, 0) is 16.1 Å². The second-order valence-electron chi connectivity index (χ2n) is 7.08. The summed E-state index contributed by atoms with van der Waals surface area (Å²) < 4.78 is 1.64. The predicted molar refractivity (Wildman–Crippen MR) is 125 cm³/mol. The summed E-state index contributed by atoms with van der Waals surface area (Å²) in [6.07, 6.45) is 4.23. The van der Waals surface area contributed by atoms with Crippen LogP contribution in [0.2, 0.25) is 0 Å². The zero-order chi connectivity index (χ0) is 22.8. The number of rotatable bonds is 5. The zero-order valence-electron chi connectivity index (χ0n) is 16.6. The van der Waals surface area contributed by atoms with Gasteiger partial charge in [0.25, 0.3) is 11.5 Å². The van der Waals surface area contributed by atoms with Gasteiger partial charge in [-0.3, -0.25) is 19.1 Å². The molecular weight excluding hydrogens is 453 g/mol. The van der Waals surface area contributed by atoms with Crippen LogP contribution >= 0.6 is 23.2 Å². The number of fused-ring (bicyclic) bond motifs is 2. The van der Waals surface area contributed by atoms with E-state index >= 15 is 0 Å². The number of carboxylic acids is 1. The summed E-state index contributed by atoms with van der Waals surface area (Å²) in [5.41, 5.74) is 2.44. The molecule has 0 radical (unpaired) electrons. The first-order valence-electron chi connectivity index (χ1n) is 9.68. The van der Waals surface area contributed by atoms with Crippen LogP contribution < -0.4 is 10.5 Å². The monoisotopic (exact) mass is 469 g/mol. The molecule has 1 aliphatic heterocycles. The molecular formula is C23H17Cl2N3O4. The average Bonchev–Trinajstić information content (AvgIpc) is 3.15. The Balaban J connectivity index is 1.80. The molecule has 3 aromatic rings. The summed E-state index contributed by atoms with van der Waals surface area (Å²) in [6, 6.07) is 14.4. The number of carbonyl (C=O) groups excluding carboxylic acids is 1. The topological polar surface area (TPSA) is 92.5 Å². The molecule has 0 aliphatic carbocycles. The molecule has 7 nitrogen and oxygen atoms in total. The van der Waals surface area contributed by atoms with Crippen molar-refractivity contribution in [3.05, 3.63) is 82.4 Å². The third-order valence-corrected chi connectivity index (χ3v) is 5.44. The third kappa shape index (κ3) is 4.30. The molecule has 0 spiro atoms. The molecule has 9 heteroatoms. The van der Waals surface area contributed by atoms with Gasteiger partial charge >= 0.3 is 5.97 Å². The quantitative estimate of drug-likeness (QED) is 0.345.